The Kier molecular flexibility index (Phi) is 5.29. The molecule has 0 radical (unpaired) electrons. The number of nitrogens with zero attached hydrogens (tertiary/aromatic N) is 1. The van der Waals surface area contributed by atoms with Gasteiger partial charge in [0.1, 0.15) is 18.2 Å². The number of Topliss-reactive ketones (excluding diaryl/α,β-unsaturated/α-hetero) is 1. The molecule has 2 aromatic carbocycles. The highest BCUT2D eigenvalue weighted by atomic mass is 16.5. The number of fused-ring (bicyclic) bond motifs is 3. The molecule has 31 heavy (non-hydrogen) atoms. The molecule has 162 valence electrons. The lowest BCUT2D eigenvalue weighted by Gasteiger charge is -2.31. The third kappa shape index (κ3) is 3.64. The monoisotopic (exact) mass is 423 g/mol. The van der Waals surface area contributed by atoms with Gasteiger partial charge in [-0.05, 0) is 37.1 Å². The smallest absolute Gasteiger partial charge is 0.231 e. The van der Waals surface area contributed by atoms with E-state index in [4.69, 9.17) is 23.7 Å². The van der Waals surface area contributed by atoms with E-state index in [1.54, 1.807) is 26.4 Å². The first-order valence-corrected chi connectivity index (χ1v) is 10.5. The fourth-order valence-corrected chi connectivity index (χ4v) is 4.36. The Morgan fingerprint density at radius 3 is 2.87 bits per heavy atom. The van der Waals surface area contributed by atoms with Gasteiger partial charge in [-0.1, -0.05) is 12.1 Å². The maximum atomic E-state index is 13.1. The van der Waals surface area contributed by atoms with Crippen molar-refractivity contribution < 1.29 is 28.5 Å². The topological polar surface area (TPSA) is 66.5 Å². The predicted octanol–water partition coefficient (Wildman–Crippen LogP) is 3.65. The third-order valence-electron chi connectivity index (χ3n) is 5.89. The summed E-state index contributed by atoms with van der Waals surface area (Å²) in [5.74, 6) is 2.58. The Hall–Kier alpha value is -3.03. The lowest BCUT2D eigenvalue weighted by Crippen LogP contribution is -2.37. The summed E-state index contributed by atoms with van der Waals surface area (Å²) in [5, 5.41) is 0. The molecule has 0 unspecified atom stereocenters. The van der Waals surface area contributed by atoms with Crippen molar-refractivity contribution in [3.8, 4) is 23.0 Å². The molecule has 5 rings (SSSR count). The summed E-state index contributed by atoms with van der Waals surface area (Å²) in [7, 11) is 3.15. The van der Waals surface area contributed by atoms with E-state index >= 15 is 0 Å². The first-order chi connectivity index (χ1) is 15.2. The fourth-order valence-electron chi connectivity index (χ4n) is 4.36. The largest absolute Gasteiger partial charge is 0.493 e. The first-order valence-electron chi connectivity index (χ1n) is 10.5. The van der Waals surface area contributed by atoms with Crippen LogP contribution >= 0.6 is 0 Å². The standard InChI is InChI=1S/C24H25NO6/c1-27-20-7-3-5-15(23(20)28-2)11-21-22(26)17-8-9-19-18(24(17)31-21)13-25(14-30-19)12-16-6-4-10-29-16/h3,5,7-9,11,16H,4,6,10,12-14H2,1-2H3/t16-/m1/s1. The minimum atomic E-state index is -0.154. The predicted molar refractivity (Wildman–Crippen MR) is 114 cm³/mol. The summed E-state index contributed by atoms with van der Waals surface area (Å²) in [6.45, 7) is 2.79. The number of carbonyl (C=O) groups is 1. The summed E-state index contributed by atoms with van der Waals surface area (Å²) in [6.07, 6.45) is 4.11. The maximum Gasteiger partial charge on any atom is 0.231 e. The van der Waals surface area contributed by atoms with Crippen molar-refractivity contribution in [3.05, 3.63) is 52.8 Å². The van der Waals surface area contributed by atoms with Gasteiger partial charge in [0, 0.05) is 25.3 Å². The second-order valence-corrected chi connectivity index (χ2v) is 7.86. The number of carbonyl (C=O) groups excluding carboxylic acids is 1. The Balaban J connectivity index is 1.44. The maximum absolute atomic E-state index is 13.1. The molecule has 1 atom stereocenters. The number of rotatable bonds is 5. The van der Waals surface area contributed by atoms with Crippen molar-refractivity contribution >= 4 is 11.9 Å². The quantitative estimate of drug-likeness (QED) is 0.680. The molecular formula is C24H25NO6. The average Bonchev–Trinajstić information content (AvgIpc) is 3.42. The summed E-state index contributed by atoms with van der Waals surface area (Å²) < 4.78 is 28.6. The van der Waals surface area contributed by atoms with Gasteiger partial charge < -0.3 is 23.7 Å². The number of allylic oxidation sites excluding steroid dienone is 1. The van der Waals surface area contributed by atoms with Gasteiger partial charge in [-0.25, -0.2) is 0 Å². The molecule has 0 aromatic heterocycles. The highest BCUT2D eigenvalue weighted by Gasteiger charge is 2.34. The SMILES string of the molecule is COc1cccc(C=C2Oc3c(ccc4c3CN(C[C@H]3CCCO3)CO4)C2=O)c1OC. The Morgan fingerprint density at radius 1 is 1.19 bits per heavy atom. The average molecular weight is 423 g/mol. The van der Waals surface area contributed by atoms with Gasteiger partial charge >= 0.3 is 0 Å². The van der Waals surface area contributed by atoms with Crippen LogP contribution in [0.25, 0.3) is 6.08 Å². The Bertz CT molecular complexity index is 1040. The van der Waals surface area contributed by atoms with Crippen LogP contribution in [-0.2, 0) is 11.3 Å². The minimum absolute atomic E-state index is 0.154. The van der Waals surface area contributed by atoms with Crippen molar-refractivity contribution in [2.75, 3.05) is 34.1 Å². The molecule has 7 heteroatoms. The van der Waals surface area contributed by atoms with Crippen LogP contribution in [0.3, 0.4) is 0 Å². The van der Waals surface area contributed by atoms with E-state index in [1.807, 2.05) is 24.3 Å². The number of methoxy groups -OCH3 is 2. The second kappa shape index (κ2) is 8.24. The van der Waals surface area contributed by atoms with E-state index in [-0.39, 0.29) is 17.6 Å². The third-order valence-corrected chi connectivity index (χ3v) is 5.89. The molecule has 3 aliphatic rings. The van der Waals surface area contributed by atoms with Gasteiger partial charge in [0.05, 0.1) is 31.5 Å². The molecule has 1 fully saturated rings. The lowest BCUT2D eigenvalue weighted by atomic mass is 10.0. The lowest BCUT2D eigenvalue weighted by molar-refractivity contribution is 0.0274. The van der Waals surface area contributed by atoms with E-state index in [0.29, 0.717) is 41.7 Å². The highest BCUT2D eigenvalue weighted by molar-refractivity contribution is 6.15. The van der Waals surface area contributed by atoms with E-state index < -0.39 is 0 Å². The molecule has 3 heterocycles. The normalized spacial score (nSPS) is 21.4. The van der Waals surface area contributed by atoms with Crippen LogP contribution in [0.15, 0.2) is 36.1 Å². The number of hydrogen-bond donors (Lipinski definition) is 0. The number of hydrogen-bond acceptors (Lipinski definition) is 7. The van der Waals surface area contributed by atoms with Crippen LogP contribution in [0.1, 0.15) is 34.3 Å². The Morgan fingerprint density at radius 2 is 2.10 bits per heavy atom. The summed E-state index contributed by atoms with van der Waals surface area (Å²) in [5.41, 5.74) is 2.16. The van der Waals surface area contributed by atoms with Crippen molar-refractivity contribution in [3.63, 3.8) is 0 Å². The van der Waals surface area contributed by atoms with Crippen molar-refractivity contribution in [1.82, 2.24) is 4.90 Å². The van der Waals surface area contributed by atoms with Crippen molar-refractivity contribution in [2.24, 2.45) is 0 Å². The van der Waals surface area contributed by atoms with Gasteiger partial charge in [0.2, 0.25) is 5.78 Å². The zero-order valence-electron chi connectivity index (χ0n) is 17.7. The number of benzene rings is 2. The molecule has 7 nitrogen and oxygen atoms in total. The van der Waals surface area contributed by atoms with Gasteiger partial charge in [-0.3, -0.25) is 9.69 Å². The molecule has 1 saturated heterocycles. The van der Waals surface area contributed by atoms with Crippen molar-refractivity contribution in [1.29, 1.82) is 0 Å². The number of para-hydroxylation sites is 1. The summed E-state index contributed by atoms with van der Waals surface area (Å²) in [6, 6.07) is 9.14. The number of ether oxygens (including phenoxy) is 5. The minimum Gasteiger partial charge on any atom is -0.493 e. The summed E-state index contributed by atoms with van der Waals surface area (Å²) in [4.78, 5) is 15.3. The number of ketones is 1. The van der Waals surface area contributed by atoms with Crippen LogP contribution in [-0.4, -0.2) is 50.9 Å². The molecule has 2 aromatic rings. The molecular weight excluding hydrogens is 398 g/mol. The zero-order valence-corrected chi connectivity index (χ0v) is 17.7. The zero-order chi connectivity index (χ0) is 21.4. The first kappa shape index (κ1) is 19.9. The molecule has 0 spiro atoms. The van der Waals surface area contributed by atoms with Crippen LogP contribution in [0.4, 0.5) is 0 Å². The van der Waals surface area contributed by atoms with Gasteiger partial charge in [-0.2, -0.15) is 0 Å². The summed E-state index contributed by atoms with van der Waals surface area (Å²) >= 11 is 0. The van der Waals surface area contributed by atoms with Crippen LogP contribution in [0.2, 0.25) is 0 Å². The van der Waals surface area contributed by atoms with Gasteiger partial charge in [0.25, 0.3) is 0 Å². The molecule has 0 bridgehead atoms. The van der Waals surface area contributed by atoms with Crippen LogP contribution < -0.4 is 18.9 Å². The molecule has 0 aliphatic carbocycles. The Labute approximate surface area is 181 Å². The van der Waals surface area contributed by atoms with Gasteiger partial charge in [0.15, 0.2) is 17.3 Å². The van der Waals surface area contributed by atoms with Crippen LogP contribution in [0, 0.1) is 0 Å². The van der Waals surface area contributed by atoms with E-state index in [0.717, 1.165) is 37.3 Å². The van der Waals surface area contributed by atoms with Gasteiger partial charge in [-0.15, -0.1) is 0 Å². The highest BCUT2D eigenvalue weighted by Crippen LogP contribution is 2.43. The van der Waals surface area contributed by atoms with E-state index in [1.165, 1.54) is 0 Å². The van der Waals surface area contributed by atoms with E-state index in [9.17, 15) is 4.79 Å². The van der Waals surface area contributed by atoms with Crippen LogP contribution in [0.5, 0.6) is 23.0 Å². The van der Waals surface area contributed by atoms with E-state index in [2.05, 4.69) is 4.90 Å². The fraction of sp³-hybridized carbons (Fsp3) is 0.375. The molecule has 0 saturated carbocycles. The second-order valence-electron chi connectivity index (χ2n) is 7.86. The van der Waals surface area contributed by atoms with Crippen molar-refractivity contribution in [2.45, 2.75) is 25.5 Å². The molecule has 3 aliphatic heterocycles. The molecule has 0 amide bonds. The molecule has 0 N–H and O–H groups in total.